The van der Waals surface area contributed by atoms with Crippen LogP contribution in [-0.4, -0.2) is 44.3 Å². The summed E-state index contributed by atoms with van der Waals surface area (Å²) < 4.78 is 32.2. The summed E-state index contributed by atoms with van der Waals surface area (Å²) in [4.78, 5) is 24.6. The van der Waals surface area contributed by atoms with Gasteiger partial charge in [-0.1, -0.05) is 30.5 Å². The standard InChI is InChI=1S/C23H27ClN2O5S/c1-16-13-17(2)22(20(24)14-16)25-21(27)15-31-23(28)18-7-9-19(10-8-18)32(29,30)26-11-5-3-4-6-12-26/h7-10,13-14H,3-6,11-12,15H2,1-2H3,(H,25,27). The zero-order valence-corrected chi connectivity index (χ0v) is 19.8. The lowest BCUT2D eigenvalue weighted by molar-refractivity contribution is -0.119. The second-order valence-corrected chi connectivity index (χ2v) is 10.3. The summed E-state index contributed by atoms with van der Waals surface area (Å²) in [6.45, 7) is 4.24. The molecule has 0 atom stereocenters. The van der Waals surface area contributed by atoms with E-state index in [9.17, 15) is 18.0 Å². The van der Waals surface area contributed by atoms with E-state index in [2.05, 4.69) is 5.32 Å². The third-order valence-electron chi connectivity index (χ3n) is 5.32. The maximum Gasteiger partial charge on any atom is 0.338 e. The van der Waals surface area contributed by atoms with E-state index in [1.165, 1.54) is 28.6 Å². The highest BCUT2D eigenvalue weighted by Gasteiger charge is 2.25. The Morgan fingerprint density at radius 1 is 1.03 bits per heavy atom. The van der Waals surface area contributed by atoms with Gasteiger partial charge < -0.3 is 10.1 Å². The van der Waals surface area contributed by atoms with Crippen molar-refractivity contribution in [1.29, 1.82) is 0 Å². The average molecular weight is 479 g/mol. The predicted molar refractivity (Wildman–Crippen MR) is 124 cm³/mol. The molecule has 2 aromatic carbocycles. The van der Waals surface area contributed by atoms with Crippen LogP contribution in [0.15, 0.2) is 41.3 Å². The van der Waals surface area contributed by atoms with Crippen molar-refractivity contribution in [1.82, 2.24) is 4.31 Å². The summed E-state index contributed by atoms with van der Waals surface area (Å²) in [6.07, 6.45) is 3.75. The van der Waals surface area contributed by atoms with E-state index in [-0.39, 0.29) is 10.5 Å². The van der Waals surface area contributed by atoms with Gasteiger partial charge in [0, 0.05) is 13.1 Å². The Labute approximate surface area is 193 Å². The van der Waals surface area contributed by atoms with Gasteiger partial charge >= 0.3 is 5.97 Å². The molecule has 2 aromatic rings. The molecule has 1 aliphatic heterocycles. The molecule has 0 saturated carbocycles. The molecule has 0 unspecified atom stereocenters. The number of aryl methyl sites for hydroxylation is 2. The SMILES string of the molecule is Cc1cc(C)c(NC(=O)COC(=O)c2ccc(S(=O)(=O)N3CCCCCC3)cc2)c(Cl)c1. The third-order valence-corrected chi connectivity index (χ3v) is 7.53. The van der Waals surface area contributed by atoms with Crippen LogP contribution in [-0.2, 0) is 19.6 Å². The Balaban J connectivity index is 1.59. The van der Waals surface area contributed by atoms with E-state index >= 15 is 0 Å². The molecular formula is C23H27ClN2O5S. The number of nitrogens with zero attached hydrogens (tertiary/aromatic N) is 1. The summed E-state index contributed by atoms with van der Waals surface area (Å²) in [5.74, 6) is -1.24. The van der Waals surface area contributed by atoms with Crippen LogP contribution in [0.3, 0.4) is 0 Å². The number of sulfonamides is 1. The van der Waals surface area contributed by atoms with E-state index in [0.717, 1.165) is 36.8 Å². The number of amides is 1. The number of carbonyl (C=O) groups is 2. The summed E-state index contributed by atoms with van der Waals surface area (Å²) in [5, 5.41) is 3.06. The van der Waals surface area contributed by atoms with Crippen molar-refractivity contribution in [2.75, 3.05) is 25.0 Å². The Kier molecular flexibility index (Phi) is 7.92. The van der Waals surface area contributed by atoms with Crippen LogP contribution in [0.4, 0.5) is 5.69 Å². The number of carbonyl (C=O) groups excluding carboxylic acids is 2. The first-order chi connectivity index (χ1) is 15.2. The van der Waals surface area contributed by atoms with E-state index in [1.54, 1.807) is 6.07 Å². The van der Waals surface area contributed by atoms with Crippen LogP contribution in [0.2, 0.25) is 5.02 Å². The van der Waals surface area contributed by atoms with E-state index in [4.69, 9.17) is 16.3 Å². The summed E-state index contributed by atoms with van der Waals surface area (Å²) in [6, 6.07) is 9.20. The number of hydrogen-bond donors (Lipinski definition) is 1. The van der Waals surface area contributed by atoms with Gasteiger partial charge in [0.2, 0.25) is 10.0 Å². The second-order valence-electron chi connectivity index (χ2n) is 7.91. The van der Waals surface area contributed by atoms with Crippen molar-refractivity contribution in [3.63, 3.8) is 0 Å². The Bertz CT molecular complexity index is 1070. The minimum absolute atomic E-state index is 0.137. The smallest absolute Gasteiger partial charge is 0.338 e. The van der Waals surface area contributed by atoms with Gasteiger partial charge in [0.15, 0.2) is 6.61 Å². The van der Waals surface area contributed by atoms with Crippen molar-refractivity contribution in [3.05, 3.63) is 58.1 Å². The van der Waals surface area contributed by atoms with Crippen LogP contribution in [0.25, 0.3) is 0 Å². The molecule has 1 N–H and O–H groups in total. The number of nitrogens with one attached hydrogen (secondary N) is 1. The first-order valence-electron chi connectivity index (χ1n) is 10.5. The van der Waals surface area contributed by atoms with Gasteiger partial charge in [0.25, 0.3) is 5.91 Å². The van der Waals surface area contributed by atoms with Gasteiger partial charge in [0.05, 0.1) is 21.2 Å². The highest BCUT2D eigenvalue weighted by Crippen LogP contribution is 2.27. The molecule has 172 valence electrons. The molecule has 3 rings (SSSR count). The molecule has 9 heteroatoms. The molecule has 1 amide bonds. The van der Waals surface area contributed by atoms with Crippen LogP contribution >= 0.6 is 11.6 Å². The maximum absolute atomic E-state index is 12.8. The number of halogens is 1. The first-order valence-corrected chi connectivity index (χ1v) is 12.3. The normalized spacial score (nSPS) is 15.1. The van der Waals surface area contributed by atoms with E-state index in [0.29, 0.717) is 23.8 Å². The van der Waals surface area contributed by atoms with Crippen LogP contribution in [0.1, 0.15) is 47.2 Å². The lowest BCUT2D eigenvalue weighted by atomic mass is 10.1. The first kappa shape index (κ1) is 24.2. The molecular weight excluding hydrogens is 452 g/mol. The summed E-state index contributed by atoms with van der Waals surface area (Å²) in [5.41, 5.74) is 2.41. The molecule has 1 aliphatic rings. The minimum atomic E-state index is -3.59. The molecule has 0 aromatic heterocycles. The van der Waals surface area contributed by atoms with Crippen molar-refractivity contribution in [2.24, 2.45) is 0 Å². The Hall–Kier alpha value is -2.42. The summed E-state index contributed by atoms with van der Waals surface area (Å²) >= 11 is 6.18. The molecule has 1 fully saturated rings. The van der Waals surface area contributed by atoms with Crippen LogP contribution in [0.5, 0.6) is 0 Å². The second kappa shape index (κ2) is 10.5. The van der Waals surface area contributed by atoms with Crippen LogP contribution in [0, 0.1) is 13.8 Å². The number of benzene rings is 2. The largest absolute Gasteiger partial charge is 0.452 e. The van der Waals surface area contributed by atoms with Gasteiger partial charge in [-0.05, 0) is 68.1 Å². The fraction of sp³-hybridized carbons (Fsp3) is 0.391. The number of rotatable bonds is 6. The molecule has 0 bridgehead atoms. The van der Waals surface area contributed by atoms with E-state index < -0.39 is 28.5 Å². The predicted octanol–water partition coefficient (Wildman–Crippen LogP) is 4.32. The van der Waals surface area contributed by atoms with Crippen molar-refractivity contribution < 1.29 is 22.7 Å². The Morgan fingerprint density at radius 3 is 2.25 bits per heavy atom. The van der Waals surface area contributed by atoms with Gasteiger partial charge in [-0.15, -0.1) is 0 Å². The Morgan fingerprint density at radius 2 is 1.66 bits per heavy atom. The summed E-state index contributed by atoms with van der Waals surface area (Å²) in [7, 11) is -3.59. The lowest BCUT2D eigenvalue weighted by Crippen LogP contribution is -2.31. The van der Waals surface area contributed by atoms with Gasteiger partial charge in [-0.2, -0.15) is 4.31 Å². The molecule has 7 nitrogen and oxygen atoms in total. The quantitative estimate of drug-likeness (QED) is 0.624. The molecule has 0 spiro atoms. The molecule has 1 saturated heterocycles. The molecule has 0 radical (unpaired) electrons. The van der Waals surface area contributed by atoms with Crippen molar-refractivity contribution in [3.8, 4) is 0 Å². The zero-order chi connectivity index (χ0) is 23.3. The monoisotopic (exact) mass is 478 g/mol. The number of hydrogen-bond acceptors (Lipinski definition) is 5. The fourth-order valence-electron chi connectivity index (χ4n) is 3.66. The number of esters is 1. The minimum Gasteiger partial charge on any atom is -0.452 e. The zero-order valence-electron chi connectivity index (χ0n) is 18.2. The van der Waals surface area contributed by atoms with Crippen molar-refractivity contribution in [2.45, 2.75) is 44.4 Å². The molecule has 1 heterocycles. The topological polar surface area (TPSA) is 92.8 Å². The van der Waals surface area contributed by atoms with Gasteiger partial charge in [-0.25, -0.2) is 13.2 Å². The third kappa shape index (κ3) is 5.88. The van der Waals surface area contributed by atoms with Crippen LogP contribution < -0.4 is 5.32 Å². The number of anilines is 1. The average Bonchev–Trinajstić information content (AvgIpc) is 3.05. The lowest BCUT2D eigenvalue weighted by Gasteiger charge is -2.20. The van der Waals surface area contributed by atoms with Gasteiger partial charge in [0.1, 0.15) is 0 Å². The molecule has 32 heavy (non-hydrogen) atoms. The number of ether oxygens (including phenoxy) is 1. The highest BCUT2D eigenvalue weighted by atomic mass is 35.5. The maximum atomic E-state index is 12.8. The van der Waals surface area contributed by atoms with E-state index in [1.807, 2.05) is 19.9 Å². The highest BCUT2D eigenvalue weighted by molar-refractivity contribution is 7.89. The fourth-order valence-corrected chi connectivity index (χ4v) is 5.54. The van der Waals surface area contributed by atoms with Gasteiger partial charge in [-0.3, -0.25) is 4.79 Å². The van der Waals surface area contributed by atoms with Crippen molar-refractivity contribution >= 4 is 39.2 Å². The molecule has 0 aliphatic carbocycles.